The second kappa shape index (κ2) is 6.38. The third-order valence-electron chi connectivity index (χ3n) is 2.43. The van der Waals surface area contributed by atoms with Crippen LogP contribution >= 0.6 is 0 Å². The first-order chi connectivity index (χ1) is 9.20. The number of carboxylic acid groups (broad SMARTS) is 1. The summed E-state index contributed by atoms with van der Waals surface area (Å²) in [5.74, 6) is -1.30. The van der Waals surface area contributed by atoms with E-state index in [4.69, 9.17) is 9.84 Å². The standard InChI is InChI=1S/C14H19NO5/c1-14(2,3)20-13(18)15(19)11(12(16)17)9-10-7-5-4-6-8-10/h4-8,11,19H,9H2,1-3H3,(H,16,17). The van der Waals surface area contributed by atoms with Gasteiger partial charge in [0.15, 0.2) is 6.04 Å². The number of benzene rings is 1. The molecule has 0 saturated carbocycles. The molecule has 1 amide bonds. The summed E-state index contributed by atoms with van der Waals surface area (Å²) in [6.45, 7) is 4.89. The average Bonchev–Trinajstić information content (AvgIpc) is 2.34. The van der Waals surface area contributed by atoms with Gasteiger partial charge in [0.2, 0.25) is 0 Å². The third-order valence-corrected chi connectivity index (χ3v) is 2.43. The minimum atomic E-state index is -1.40. The summed E-state index contributed by atoms with van der Waals surface area (Å²) < 4.78 is 4.94. The van der Waals surface area contributed by atoms with Crippen molar-refractivity contribution in [2.45, 2.75) is 38.8 Å². The fraction of sp³-hybridized carbons (Fsp3) is 0.429. The van der Waals surface area contributed by atoms with E-state index in [1.807, 2.05) is 0 Å². The third kappa shape index (κ3) is 4.89. The highest BCUT2D eigenvalue weighted by molar-refractivity contribution is 5.79. The molecule has 1 atom stereocenters. The van der Waals surface area contributed by atoms with Crippen LogP contribution in [-0.2, 0) is 16.0 Å². The summed E-state index contributed by atoms with van der Waals surface area (Å²) in [5.41, 5.74) is -0.115. The van der Waals surface area contributed by atoms with Crippen molar-refractivity contribution in [3.05, 3.63) is 35.9 Å². The van der Waals surface area contributed by atoms with E-state index in [1.165, 1.54) is 0 Å². The van der Waals surface area contributed by atoms with E-state index in [9.17, 15) is 14.8 Å². The largest absolute Gasteiger partial charge is 0.480 e. The van der Waals surface area contributed by atoms with Crippen molar-refractivity contribution < 1.29 is 24.6 Å². The Hall–Kier alpha value is -2.08. The van der Waals surface area contributed by atoms with Crippen LogP contribution in [0.4, 0.5) is 4.79 Å². The fourth-order valence-corrected chi connectivity index (χ4v) is 1.55. The van der Waals surface area contributed by atoms with Gasteiger partial charge in [0.05, 0.1) is 0 Å². The summed E-state index contributed by atoms with van der Waals surface area (Å²) in [6.07, 6.45) is -1.09. The molecule has 1 rings (SSSR count). The molecule has 6 heteroatoms. The molecule has 0 bridgehead atoms. The SMILES string of the molecule is CC(C)(C)OC(=O)N(O)C(Cc1ccccc1)C(=O)O. The molecule has 1 aromatic carbocycles. The Kier molecular flexibility index (Phi) is 5.10. The highest BCUT2D eigenvalue weighted by atomic mass is 16.6. The monoisotopic (exact) mass is 281 g/mol. The molecular weight excluding hydrogens is 262 g/mol. The van der Waals surface area contributed by atoms with E-state index in [-0.39, 0.29) is 11.5 Å². The summed E-state index contributed by atoms with van der Waals surface area (Å²) in [6, 6.07) is 7.35. The van der Waals surface area contributed by atoms with Gasteiger partial charge in [-0.3, -0.25) is 5.21 Å². The number of carboxylic acids is 1. The smallest absolute Gasteiger partial charge is 0.435 e. The van der Waals surface area contributed by atoms with Crippen LogP contribution in [0, 0.1) is 0 Å². The maximum atomic E-state index is 11.7. The van der Waals surface area contributed by atoms with E-state index in [1.54, 1.807) is 51.1 Å². The van der Waals surface area contributed by atoms with Gasteiger partial charge in [-0.15, -0.1) is 0 Å². The van der Waals surface area contributed by atoms with Gasteiger partial charge in [-0.25, -0.2) is 9.59 Å². The van der Waals surface area contributed by atoms with Crippen molar-refractivity contribution in [3.63, 3.8) is 0 Å². The molecule has 0 fully saturated rings. The Morgan fingerprint density at radius 2 is 1.80 bits per heavy atom. The van der Waals surface area contributed by atoms with Gasteiger partial charge in [0.25, 0.3) is 0 Å². The lowest BCUT2D eigenvalue weighted by molar-refractivity contribution is -0.164. The normalized spacial score (nSPS) is 12.6. The number of carbonyl (C=O) groups excluding carboxylic acids is 1. The van der Waals surface area contributed by atoms with Gasteiger partial charge in [-0.2, -0.15) is 5.06 Å². The fourth-order valence-electron chi connectivity index (χ4n) is 1.55. The zero-order chi connectivity index (χ0) is 15.3. The van der Waals surface area contributed by atoms with Gasteiger partial charge in [0, 0.05) is 6.42 Å². The number of amides is 1. The van der Waals surface area contributed by atoms with Crippen LogP contribution in [0.15, 0.2) is 30.3 Å². The second-order valence-corrected chi connectivity index (χ2v) is 5.37. The van der Waals surface area contributed by atoms with E-state index in [0.29, 0.717) is 5.56 Å². The molecule has 110 valence electrons. The van der Waals surface area contributed by atoms with Crippen molar-refractivity contribution in [2.75, 3.05) is 0 Å². The van der Waals surface area contributed by atoms with Crippen LogP contribution in [0.25, 0.3) is 0 Å². The molecule has 1 aromatic rings. The molecule has 0 aliphatic carbocycles. The zero-order valence-electron chi connectivity index (χ0n) is 11.7. The summed E-state index contributed by atoms with van der Waals surface area (Å²) in [4.78, 5) is 22.9. The predicted octanol–water partition coefficient (Wildman–Crippen LogP) is 2.31. The summed E-state index contributed by atoms with van der Waals surface area (Å²) in [7, 11) is 0. The molecule has 0 saturated heterocycles. The number of ether oxygens (including phenoxy) is 1. The van der Waals surface area contributed by atoms with Crippen molar-refractivity contribution in [1.29, 1.82) is 0 Å². The zero-order valence-corrected chi connectivity index (χ0v) is 11.7. The predicted molar refractivity (Wildman–Crippen MR) is 71.4 cm³/mol. The molecule has 0 radical (unpaired) electrons. The van der Waals surface area contributed by atoms with Crippen molar-refractivity contribution >= 4 is 12.1 Å². The molecule has 2 N–H and O–H groups in total. The maximum absolute atomic E-state index is 11.7. The number of aliphatic carboxylic acids is 1. The first-order valence-corrected chi connectivity index (χ1v) is 6.18. The Morgan fingerprint density at radius 1 is 1.25 bits per heavy atom. The highest BCUT2D eigenvalue weighted by Gasteiger charge is 2.32. The maximum Gasteiger partial charge on any atom is 0.435 e. The minimum Gasteiger partial charge on any atom is -0.480 e. The quantitative estimate of drug-likeness (QED) is 0.653. The molecule has 6 nitrogen and oxygen atoms in total. The molecule has 0 heterocycles. The molecule has 0 aliphatic heterocycles. The van der Waals surface area contributed by atoms with E-state index < -0.39 is 23.7 Å². The molecule has 1 unspecified atom stereocenters. The van der Waals surface area contributed by atoms with Crippen molar-refractivity contribution in [2.24, 2.45) is 0 Å². The topological polar surface area (TPSA) is 87.1 Å². The van der Waals surface area contributed by atoms with E-state index in [2.05, 4.69) is 0 Å². The first-order valence-electron chi connectivity index (χ1n) is 6.18. The number of carbonyl (C=O) groups is 2. The Bertz CT molecular complexity index is 466. The number of rotatable bonds is 4. The summed E-state index contributed by atoms with van der Waals surface area (Å²) >= 11 is 0. The minimum absolute atomic E-state index is 0.00802. The molecular formula is C14H19NO5. The van der Waals surface area contributed by atoms with Crippen LogP contribution in [0.2, 0.25) is 0 Å². The van der Waals surface area contributed by atoms with E-state index in [0.717, 1.165) is 0 Å². The van der Waals surface area contributed by atoms with Gasteiger partial charge >= 0.3 is 12.1 Å². The molecule has 20 heavy (non-hydrogen) atoms. The van der Waals surface area contributed by atoms with Gasteiger partial charge < -0.3 is 9.84 Å². The van der Waals surface area contributed by atoms with Gasteiger partial charge in [-0.05, 0) is 26.3 Å². The molecule has 0 aliphatic rings. The Labute approximate surface area is 117 Å². The van der Waals surface area contributed by atoms with Gasteiger partial charge in [0.1, 0.15) is 5.60 Å². The van der Waals surface area contributed by atoms with Crippen LogP contribution < -0.4 is 0 Å². The summed E-state index contributed by atoms with van der Waals surface area (Å²) in [5, 5.41) is 19.0. The second-order valence-electron chi connectivity index (χ2n) is 5.37. The van der Waals surface area contributed by atoms with Crippen LogP contribution in [0.5, 0.6) is 0 Å². The average molecular weight is 281 g/mol. The van der Waals surface area contributed by atoms with Crippen molar-refractivity contribution in [3.8, 4) is 0 Å². The Balaban J connectivity index is 2.81. The number of hydrogen-bond acceptors (Lipinski definition) is 4. The first kappa shape index (κ1) is 16.0. The lowest BCUT2D eigenvalue weighted by Crippen LogP contribution is -2.46. The lowest BCUT2D eigenvalue weighted by atomic mass is 10.1. The highest BCUT2D eigenvalue weighted by Crippen LogP contribution is 2.13. The molecule has 0 spiro atoms. The van der Waals surface area contributed by atoms with Gasteiger partial charge in [-0.1, -0.05) is 30.3 Å². The van der Waals surface area contributed by atoms with Crippen LogP contribution in [0.3, 0.4) is 0 Å². The van der Waals surface area contributed by atoms with Crippen LogP contribution in [0.1, 0.15) is 26.3 Å². The van der Waals surface area contributed by atoms with Crippen molar-refractivity contribution in [1.82, 2.24) is 5.06 Å². The number of hydrogen-bond donors (Lipinski definition) is 2. The lowest BCUT2D eigenvalue weighted by Gasteiger charge is -2.26. The molecule has 0 aromatic heterocycles. The number of hydroxylamine groups is 2. The number of nitrogens with zero attached hydrogens (tertiary/aromatic N) is 1. The Morgan fingerprint density at radius 3 is 2.25 bits per heavy atom. The van der Waals surface area contributed by atoms with Crippen LogP contribution in [-0.4, -0.2) is 39.1 Å². The van der Waals surface area contributed by atoms with E-state index >= 15 is 0 Å².